The Morgan fingerprint density at radius 1 is 1.05 bits per heavy atom. The van der Waals surface area contributed by atoms with Crippen molar-refractivity contribution in [2.24, 2.45) is 0 Å². The van der Waals surface area contributed by atoms with Gasteiger partial charge in [0.25, 0.3) is 0 Å². The van der Waals surface area contributed by atoms with E-state index in [-0.39, 0.29) is 5.82 Å². The van der Waals surface area contributed by atoms with Crippen LogP contribution >= 0.6 is 34.8 Å². The van der Waals surface area contributed by atoms with Crippen molar-refractivity contribution in [3.05, 3.63) is 58.1 Å². The van der Waals surface area contributed by atoms with Gasteiger partial charge in [0.1, 0.15) is 11.6 Å². The van der Waals surface area contributed by atoms with Gasteiger partial charge < -0.3 is 0 Å². The highest BCUT2D eigenvalue weighted by Gasteiger charge is 2.13. The minimum atomic E-state index is -0.325. The fourth-order valence-corrected chi connectivity index (χ4v) is 3.00. The molecular weight excluding hydrogens is 334 g/mol. The number of hydrogen-bond acceptors (Lipinski definition) is 1. The Kier molecular flexibility index (Phi) is 4.07. The molecule has 3 aromatic rings. The number of fused-ring (bicyclic) bond motifs is 1. The third-order valence-corrected chi connectivity index (χ3v) is 3.74. The van der Waals surface area contributed by atoms with Crippen molar-refractivity contribution >= 4 is 45.8 Å². The maximum Gasteiger partial charge on any atom is 0.125 e. The van der Waals surface area contributed by atoms with E-state index < -0.39 is 0 Å². The number of halogens is 4. The summed E-state index contributed by atoms with van der Waals surface area (Å²) in [5, 5.41) is 1.05. The molecule has 0 aliphatic carbocycles. The van der Waals surface area contributed by atoms with E-state index in [0.717, 1.165) is 17.0 Å². The zero-order chi connectivity index (χ0) is 15.0. The highest BCUT2D eigenvalue weighted by atomic mass is 35.5. The van der Waals surface area contributed by atoms with E-state index in [2.05, 4.69) is 4.98 Å². The van der Waals surface area contributed by atoms with Gasteiger partial charge in [-0.15, -0.1) is 11.6 Å². The van der Waals surface area contributed by atoms with Crippen LogP contribution in [0.1, 0.15) is 5.82 Å². The minimum Gasteiger partial charge on any atom is -0.296 e. The Labute approximate surface area is 136 Å². The third kappa shape index (κ3) is 2.86. The lowest BCUT2D eigenvalue weighted by Gasteiger charge is -2.09. The van der Waals surface area contributed by atoms with Gasteiger partial charge in [-0.2, -0.15) is 0 Å². The van der Waals surface area contributed by atoms with Gasteiger partial charge in [0.15, 0.2) is 0 Å². The number of alkyl halides is 1. The van der Waals surface area contributed by atoms with Crippen molar-refractivity contribution in [2.75, 3.05) is 5.88 Å². The van der Waals surface area contributed by atoms with E-state index in [1.165, 1.54) is 12.1 Å². The molecule has 21 heavy (non-hydrogen) atoms. The van der Waals surface area contributed by atoms with E-state index >= 15 is 0 Å². The fourth-order valence-electron chi connectivity index (χ4n) is 2.31. The number of rotatable bonds is 3. The quantitative estimate of drug-likeness (QED) is 0.594. The lowest BCUT2D eigenvalue weighted by molar-refractivity contribution is 0.629. The largest absolute Gasteiger partial charge is 0.296 e. The first-order valence-corrected chi connectivity index (χ1v) is 7.57. The van der Waals surface area contributed by atoms with Crippen LogP contribution in [0.4, 0.5) is 4.39 Å². The van der Waals surface area contributed by atoms with Crippen molar-refractivity contribution in [3.8, 4) is 5.69 Å². The van der Waals surface area contributed by atoms with E-state index in [1.807, 2.05) is 4.57 Å². The summed E-state index contributed by atoms with van der Waals surface area (Å²) in [5.74, 6) is 0.831. The van der Waals surface area contributed by atoms with Crippen molar-refractivity contribution in [3.63, 3.8) is 0 Å². The molecule has 0 fully saturated rings. The molecule has 0 aliphatic rings. The first-order chi connectivity index (χ1) is 10.1. The van der Waals surface area contributed by atoms with E-state index in [1.54, 1.807) is 24.3 Å². The maximum absolute atomic E-state index is 13.4. The summed E-state index contributed by atoms with van der Waals surface area (Å²) < 4.78 is 15.3. The molecule has 6 heteroatoms. The van der Waals surface area contributed by atoms with Gasteiger partial charge in [-0.25, -0.2) is 9.37 Å². The van der Waals surface area contributed by atoms with Gasteiger partial charge in [0.05, 0.1) is 16.7 Å². The van der Waals surface area contributed by atoms with Gasteiger partial charge in [0.2, 0.25) is 0 Å². The normalized spacial score (nSPS) is 11.2. The van der Waals surface area contributed by atoms with Crippen molar-refractivity contribution in [2.45, 2.75) is 6.42 Å². The molecule has 2 nitrogen and oxygen atoms in total. The smallest absolute Gasteiger partial charge is 0.125 e. The Balaban J connectivity index is 2.30. The van der Waals surface area contributed by atoms with Crippen LogP contribution in [-0.2, 0) is 6.42 Å². The molecular formula is C15H10Cl3FN2. The van der Waals surface area contributed by atoms with Crippen molar-refractivity contribution < 1.29 is 4.39 Å². The zero-order valence-electron chi connectivity index (χ0n) is 10.8. The Morgan fingerprint density at radius 3 is 2.43 bits per heavy atom. The predicted octanol–water partition coefficient (Wildman–Crippen LogP) is 5.25. The lowest BCUT2D eigenvalue weighted by atomic mass is 10.2. The Bertz CT molecular complexity index is 794. The second-order valence-electron chi connectivity index (χ2n) is 4.56. The molecule has 0 unspecified atom stereocenters. The van der Waals surface area contributed by atoms with Crippen molar-refractivity contribution in [1.29, 1.82) is 0 Å². The summed E-state index contributed by atoms with van der Waals surface area (Å²) in [6.45, 7) is 0. The molecule has 0 saturated carbocycles. The predicted molar refractivity (Wildman–Crippen MR) is 85.5 cm³/mol. The van der Waals surface area contributed by atoms with Crippen LogP contribution < -0.4 is 0 Å². The standard InChI is InChI=1S/C15H10Cl3FN2/c16-4-3-15-20-13-8-11(19)1-2-14(13)21(15)12-6-9(17)5-10(18)7-12/h1-2,5-8H,3-4H2. The van der Waals surface area contributed by atoms with Gasteiger partial charge >= 0.3 is 0 Å². The summed E-state index contributed by atoms with van der Waals surface area (Å²) in [5.41, 5.74) is 2.14. The number of aryl methyl sites for hydroxylation is 1. The molecule has 0 spiro atoms. The van der Waals surface area contributed by atoms with Crippen LogP contribution in [0, 0.1) is 5.82 Å². The first kappa shape index (κ1) is 14.6. The summed E-state index contributed by atoms with van der Waals surface area (Å²) >= 11 is 18.0. The topological polar surface area (TPSA) is 17.8 Å². The van der Waals surface area contributed by atoms with Crippen LogP contribution in [0.15, 0.2) is 36.4 Å². The molecule has 0 radical (unpaired) electrons. The van der Waals surface area contributed by atoms with E-state index in [9.17, 15) is 4.39 Å². The summed E-state index contributed by atoms with van der Waals surface area (Å²) in [6, 6.07) is 9.72. The molecule has 0 atom stereocenters. The van der Waals surface area contributed by atoms with E-state index in [4.69, 9.17) is 34.8 Å². The molecule has 108 valence electrons. The Morgan fingerprint density at radius 2 is 1.76 bits per heavy atom. The van der Waals surface area contributed by atoms with Crippen LogP contribution in [0.25, 0.3) is 16.7 Å². The summed E-state index contributed by atoms with van der Waals surface area (Å²) in [6.07, 6.45) is 0.558. The highest BCUT2D eigenvalue weighted by molar-refractivity contribution is 6.34. The monoisotopic (exact) mass is 342 g/mol. The van der Waals surface area contributed by atoms with Crippen molar-refractivity contribution in [1.82, 2.24) is 9.55 Å². The fraction of sp³-hybridized carbons (Fsp3) is 0.133. The molecule has 0 amide bonds. The molecule has 0 aliphatic heterocycles. The number of hydrogen-bond donors (Lipinski definition) is 0. The molecule has 0 N–H and O–H groups in total. The second kappa shape index (κ2) is 5.84. The lowest BCUT2D eigenvalue weighted by Crippen LogP contribution is -2.02. The van der Waals surface area contributed by atoms with Crippen LogP contribution in [-0.4, -0.2) is 15.4 Å². The van der Waals surface area contributed by atoms with Crippen LogP contribution in [0.3, 0.4) is 0 Å². The number of aromatic nitrogens is 2. The summed E-state index contributed by atoms with van der Waals surface area (Å²) in [7, 11) is 0. The average Bonchev–Trinajstić information content (AvgIpc) is 2.75. The number of benzene rings is 2. The molecule has 3 rings (SSSR count). The Hall–Kier alpha value is -1.29. The highest BCUT2D eigenvalue weighted by Crippen LogP contribution is 2.27. The first-order valence-electron chi connectivity index (χ1n) is 6.28. The maximum atomic E-state index is 13.4. The van der Waals surface area contributed by atoms with Gasteiger partial charge in [-0.1, -0.05) is 23.2 Å². The SMILES string of the molecule is Fc1ccc2c(c1)nc(CCCl)n2-c1cc(Cl)cc(Cl)c1. The molecule has 1 heterocycles. The number of imidazole rings is 1. The van der Waals surface area contributed by atoms with Gasteiger partial charge in [-0.3, -0.25) is 4.57 Å². The molecule has 0 bridgehead atoms. The molecule has 0 saturated heterocycles. The second-order valence-corrected chi connectivity index (χ2v) is 5.81. The van der Waals surface area contributed by atoms with E-state index in [0.29, 0.717) is 27.9 Å². The van der Waals surface area contributed by atoms with Crippen LogP contribution in [0.5, 0.6) is 0 Å². The molecule has 2 aromatic carbocycles. The average molecular weight is 344 g/mol. The number of nitrogens with zero attached hydrogens (tertiary/aromatic N) is 2. The third-order valence-electron chi connectivity index (χ3n) is 3.11. The summed E-state index contributed by atoms with van der Waals surface area (Å²) in [4.78, 5) is 4.45. The molecule has 1 aromatic heterocycles. The van der Waals surface area contributed by atoms with Gasteiger partial charge in [-0.05, 0) is 30.3 Å². The zero-order valence-corrected chi connectivity index (χ0v) is 13.1. The van der Waals surface area contributed by atoms with Gasteiger partial charge in [0, 0.05) is 28.4 Å². The minimum absolute atomic E-state index is 0.325. The van der Waals surface area contributed by atoms with Crippen LogP contribution in [0.2, 0.25) is 10.0 Å².